The van der Waals surface area contributed by atoms with Crippen molar-refractivity contribution in [1.82, 2.24) is 0 Å². The largest absolute Gasteiger partial charge is 0.0651 e. The van der Waals surface area contributed by atoms with Crippen molar-refractivity contribution in [2.75, 3.05) is 0 Å². The van der Waals surface area contributed by atoms with E-state index in [-0.39, 0.29) is 0 Å². The second kappa shape index (κ2) is 49.9. The minimum absolute atomic E-state index is 0.437. The highest BCUT2D eigenvalue weighted by molar-refractivity contribution is 5.00. The summed E-state index contributed by atoms with van der Waals surface area (Å²) in [6.45, 7) is 131. The van der Waals surface area contributed by atoms with Gasteiger partial charge in [0, 0.05) is 0 Å². The molecule has 0 aromatic carbocycles. The molecule has 0 amide bonds. The van der Waals surface area contributed by atoms with Crippen LogP contribution in [-0.2, 0) is 0 Å². The zero-order chi connectivity index (χ0) is 87.2. The summed E-state index contributed by atoms with van der Waals surface area (Å²) in [5.74, 6) is 18.9. The van der Waals surface area contributed by atoms with Crippen LogP contribution >= 0.6 is 0 Å². The molecule has 0 spiro atoms. The van der Waals surface area contributed by atoms with Crippen molar-refractivity contribution >= 4 is 0 Å². The second-order valence-corrected chi connectivity index (χ2v) is 51.5. The summed E-state index contributed by atoms with van der Waals surface area (Å²) in [5, 5.41) is 0. The first-order valence-corrected chi connectivity index (χ1v) is 47.1. The fourth-order valence-electron chi connectivity index (χ4n) is 11.8. The van der Waals surface area contributed by atoms with Crippen LogP contribution in [0.3, 0.4) is 0 Å². The van der Waals surface area contributed by atoms with E-state index in [0.29, 0.717) is 65.0 Å². The zero-order valence-electron chi connectivity index (χ0n) is 87.2. The highest BCUT2D eigenvalue weighted by Crippen LogP contribution is 2.61. The fourth-order valence-corrected chi connectivity index (χ4v) is 11.8. The van der Waals surface area contributed by atoms with E-state index in [1.807, 2.05) is 0 Å². The summed E-state index contributed by atoms with van der Waals surface area (Å²) in [6, 6.07) is 0. The predicted molar refractivity (Wildman–Crippen MR) is 504 cm³/mol. The summed E-state index contributed by atoms with van der Waals surface area (Å²) in [4.78, 5) is 0. The minimum atomic E-state index is 0.437. The molecule has 9 atom stereocenters. The molecule has 0 N–H and O–H groups in total. The Balaban J connectivity index is -0.000000257. The second-order valence-electron chi connectivity index (χ2n) is 51.5. The van der Waals surface area contributed by atoms with Crippen molar-refractivity contribution in [3.8, 4) is 0 Å². The van der Waals surface area contributed by atoms with E-state index in [4.69, 9.17) is 0 Å². The molecule has 0 radical (unpaired) electrons. The Labute approximate surface area is 688 Å². The van der Waals surface area contributed by atoms with Gasteiger partial charge < -0.3 is 0 Å². The van der Waals surface area contributed by atoms with Gasteiger partial charge in [0.05, 0.1) is 0 Å². The van der Waals surface area contributed by atoms with Crippen molar-refractivity contribution in [2.24, 2.45) is 183 Å². The van der Waals surface area contributed by atoms with Crippen LogP contribution in [0.25, 0.3) is 0 Å². The van der Waals surface area contributed by atoms with E-state index < -0.39 is 0 Å². The van der Waals surface area contributed by atoms with Crippen LogP contribution in [0.5, 0.6) is 0 Å². The molecule has 0 nitrogen and oxygen atoms in total. The molecule has 0 saturated heterocycles. The van der Waals surface area contributed by atoms with Crippen LogP contribution in [0.4, 0.5) is 0 Å². The fraction of sp³-hybridized carbons (Fsp3) is 1.00. The normalized spacial score (nSPS) is 25.4. The molecule has 8 saturated carbocycles. The molecule has 8 rings (SSSR count). The molecule has 8 aliphatic carbocycles. The first kappa shape index (κ1) is 118. The van der Waals surface area contributed by atoms with E-state index in [1.54, 1.807) is 19.3 Å². The molecule has 6 unspecified atom stereocenters. The molecular weight excluding hydrogens is 1290 g/mol. The summed E-state index contributed by atoms with van der Waals surface area (Å²) in [5.41, 5.74) is 6.66. The molecule has 0 heteroatoms. The highest BCUT2D eigenvalue weighted by atomic mass is 14.5. The molecule has 0 bridgehead atoms. The van der Waals surface area contributed by atoms with Crippen molar-refractivity contribution < 1.29 is 0 Å². The molecule has 8 fully saturated rings. The molecule has 0 aromatic heterocycles. The molecule has 654 valence electrons. The maximum absolute atomic E-state index is 2.44. The molecule has 107 heavy (non-hydrogen) atoms. The van der Waals surface area contributed by atoms with E-state index in [1.165, 1.54) is 108 Å². The SMILES string of the molecule is CC(C)(C)C(C)(C)C.CC(C)(C)C(C)(C)C.CC(C)(C)C(C)(C)C.CC(C)C(C)C(C)C.CC1(C2CC2)CC1.CC1CC(C)(C)C1.CC1CC(C)C1C.CC1C[C@H](C)C1C.CCC(C)(C)C(C)(C)C.CCC(C)(C)C(C)C.CCC(C)C(C)(C)C.CCC1CC(C)C1.CC[C@@H](C)C(C)(C)C.C[C@H]1CC1C1CC1. The first-order chi connectivity index (χ1) is 47.1. The van der Waals surface area contributed by atoms with E-state index in [9.17, 15) is 0 Å². The van der Waals surface area contributed by atoms with Gasteiger partial charge in [0.15, 0.2) is 0 Å². The molecule has 0 aromatic rings. The third-order valence-electron chi connectivity index (χ3n) is 32.4. The van der Waals surface area contributed by atoms with Gasteiger partial charge in [-0.05, 0) is 266 Å². The predicted octanol–water partition coefficient (Wildman–Crippen LogP) is 38.6. The summed E-state index contributed by atoms with van der Waals surface area (Å²) in [7, 11) is 0. The van der Waals surface area contributed by atoms with Crippen molar-refractivity contribution in [2.45, 2.75) is 510 Å². The Hall–Kier alpha value is 0. The Morgan fingerprint density at radius 1 is 0.336 bits per heavy atom. The lowest BCUT2D eigenvalue weighted by Gasteiger charge is -2.40. The maximum atomic E-state index is 2.44. The van der Waals surface area contributed by atoms with Crippen molar-refractivity contribution in [3.63, 3.8) is 0 Å². The van der Waals surface area contributed by atoms with Crippen LogP contribution in [-0.4, -0.2) is 0 Å². The Morgan fingerprint density at radius 3 is 0.645 bits per heavy atom. The Bertz CT molecular complexity index is 1930. The Kier molecular flexibility index (Phi) is 55.0. The average Bonchev–Trinajstić information content (AvgIpc) is 1.62. The summed E-state index contributed by atoms with van der Waals surface area (Å²) in [6.07, 6.45) is 26.1. The van der Waals surface area contributed by atoms with Crippen LogP contribution < -0.4 is 0 Å². The van der Waals surface area contributed by atoms with E-state index in [2.05, 4.69) is 395 Å². The van der Waals surface area contributed by atoms with Gasteiger partial charge in [-0.2, -0.15) is 0 Å². The lowest BCUT2D eigenvalue weighted by atomic mass is 9.65. The topological polar surface area (TPSA) is 0 Å². The van der Waals surface area contributed by atoms with Gasteiger partial charge in [-0.1, -0.05) is 427 Å². The molecule has 8 aliphatic rings. The Morgan fingerprint density at radius 2 is 0.617 bits per heavy atom. The summed E-state index contributed by atoms with van der Waals surface area (Å²) >= 11 is 0. The monoisotopic (exact) mass is 1510 g/mol. The lowest BCUT2D eigenvalue weighted by molar-refractivity contribution is 0.111. The average molecular weight is 1510 g/mol. The van der Waals surface area contributed by atoms with Gasteiger partial charge in [0.2, 0.25) is 0 Å². The smallest absolute Gasteiger partial charge is 0.0297 e. The number of hydrogen-bond donors (Lipinski definition) is 0. The van der Waals surface area contributed by atoms with Gasteiger partial charge >= 0.3 is 0 Å². The summed E-state index contributed by atoms with van der Waals surface area (Å²) < 4.78 is 0. The van der Waals surface area contributed by atoms with Gasteiger partial charge in [-0.3, -0.25) is 0 Å². The lowest BCUT2D eigenvalue weighted by Crippen LogP contribution is -2.29. The van der Waals surface area contributed by atoms with Gasteiger partial charge in [0.1, 0.15) is 0 Å². The molecule has 0 heterocycles. The van der Waals surface area contributed by atoms with Crippen LogP contribution in [0, 0.1) is 183 Å². The number of hydrogen-bond acceptors (Lipinski definition) is 0. The minimum Gasteiger partial charge on any atom is -0.0651 e. The highest BCUT2D eigenvalue weighted by Gasteiger charge is 2.49. The van der Waals surface area contributed by atoms with E-state index >= 15 is 0 Å². The molecule has 0 aliphatic heterocycles. The standard InChI is InChI=1S/C9H20.7C8H18.2C7H12.4C7H14/c1-7-9(5,6)8(2,3)4;3*1-7(2,3)8(4,5)6;2*1-6-7(2)8(3,4)5;1-6-8(4,5)7(2)3;1-6(2)8(5)7(3)4;1-7(4-5-7)6-2-3-6;1-5-4-7(5)6-2-3-6;1-6-4-7(2,3)5-6;2*1-5-4-6(2)7(5)3;1-3-7-4-6(2)5-7/h7H2,1-6H3;3*1-6H3;3*7H,6H2,1-5H3;6-8H,1-5H3;6H,2-5H2,1H3;5-7H,2-4H2,1H3;6H,4-5H2,1-3H3;2*5-7H,4H2,1-3H3;6-7H,3-5H2,1-2H3/t;;;;7-;;;;;5-,7?;;5-,6?,7?;;/m....1....0.0../s1. The third kappa shape index (κ3) is 56.1. The zero-order valence-corrected chi connectivity index (χ0v) is 87.2. The van der Waals surface area contributed by atoms with Crippen molar-refractivity contribution in [1.29, 1.82) is 0 Å². The quantitative estimate of drug-likeness (QED) is 0.205. The van der Waals surface area contributed by atoms with Gasteiger partial charge in [-0.15, -0.1) is 0 Å². The van der Waals surface area contributed by atoms with Gasteiger partial charge in [0.25, 0.3) is 0 Å². The van der Waals surface area contributed by atoms with Crippen molar-refractivity contribution in [3.05, 3.63) is 0 Å². The third-order valence-corrected chi connectivity index (χ3v) is 32.4. The maximum Gasteiger partial charge on any atom is -0.0297 e. The van der Waals surface area contributed by atoms with Crippen LogP contribution in [0.15, 0.2) is 0 Å². The molecular formula is C107H226. The van der Waals surface area contributed by atoms with Crippen LogP contribution in [0.2, 0.25) is 0 Å². The first-order valence-electron chi connectivity index (χ1n) is 47.1. The van der Waals surface area contributed by atoms with Gasteiger partial charge in [-0.25, -0.2) is 0 Å². The number of rotatable bonds is 10. The van der Waals surface area contributed by atoms with E-state index in [0.717, 1.165) is 106 Å². The van der Waals surface area contributed by atoms with Crippen LogP contribution in [0.1, 0.15) is 510 Å².